The van der Waals surface area contributed by atoms with Crippen LogP contribution in [-0.2, 0) is 25.1 Å². The molecule has 0 bridgehead atoms. The molecular weight excluding hydrogens is 506 g/mol. The van der Waals surface area contributed by atoms with E-state index in [1.54, 1.807) is 12.1 Å². The van der Waals surface area contributed by atoms with Crippen LogP contribution < -0.4 is 9.47 Å². The molecule has 0 spiro atoms. The zero-order valence-corrected chi connectivity index (χ0v) is 21.5. The number of ether oxygens (including phenoxy) is 2. The third-order valence-corrected chi connectivity index (χ3v) is 6.20. The van der Waals surface area contributed by atoms with Crippen molar-refractivity contribution in [3.63, 3.8) is 0 Å². The topological polar surface area (TPSA) is 18.5 Å². The second-order valence-electron chi connectivity index (χ2n) is 9.22. The Morgan fingerprint density at radius 3 is 1.76 bits per heavy atom. The summed E-state index contributed by atoms with van der Waals surface area (Å²) in [6, 6.07) is 11.8. The maximum absolute atomic E-state index is 14.7. The van der Waals surface area contributed by atoms with E-state index >= 15 is 0 Å². The summed E-state index contributed by atoms with van der Waals surface area (Å²) >= 11 is 0. The molecule has 0 atom stereocenters. The van der Waals surface area contributed by atoms with E-state index in [1.165, 1.54) is 12.1 Å². The van der Waals surface area contributed by atoms with E-state index in [0.29, 0.717) is 6.42 Å². The molecule has 38 heavy (non-hydrogen) atoms. The molecule has 8 heteroatoms. The number of hydrogen-bond donors (Lipinski definition) is 0. The van der Waals surface area contributed by atoms with Crippen molar-refractivity contribution in [2.24, 2.45) is 0 Å². The molecule has 0 radical (unpaired) electrons. The minimum Gasteiger partial charge on any atom is -0.429 e. The lowest BCUT2D eigenvalue weighted by Gasteiger charge is -2.21. The highest BCUT2D eigenvalue weighted by atomic mass is 19.3. The van der Waals surface area contributed by atoms with E-state index < -0.39 is 40.7 Å². The summed E-state index contributed by atoms with van der Waals surface area (Å²) in [6.45, 7) is 3.99. The van der Waals surface area contributed by atoms with Crippen LogP contribution in [0.15, 0.2) is 60.7 Å². The third-order valence-electron chi connectivity index (χ3n) is 6.20. The molecule has 0 aliphatic rings. The van der Waals surface area contributed by atoms with Gasteiger partial charge in [-0.15, -0.1) is 0 Å². The van der Waals surface area contributed by atoms with E-state index in [1.807, 2.05) is 6.92 Å². The number of alkyl halides is 4. The van der Waals surface area contributed by atoms with Crippen molar-refractivity contribution in [3.8, 4) is 11.5 Å². The normalized spacial score (nSPS) is 12.0. The molecule has 3 aromatic rings. The molecule has 0 aromatic heterocycles. The molecule has 0 aliphatic carbocycles. The summed E-state index contributed by atoms with van der Waals surface area (Å²) in [7, 11) is 0. The van der Waals surface area contributed by atoms with Crippen LogP contribution in [0.4, 0.5) is 26.3 Å². The van der Waals surface area contributed by atoms with Crippen molar-refractivity contribution >= 4 is 0 Å². The van der Waals surface area contributed by atoms with Crippen LogP contribution in [0, 0.1) is 11.6 Å². The minimum atomic E-state index is -4.23. The Morgan fingerprint density at radius 2 is 1.16 bits per heavy atom. The maximum Gasteiger partial charge on any atom is 0.429 e. The standard InChI is InChI=1S/C30H32F6O2/c1-3-5-7-8-9-21-11-16-24(17-12-21)37-29(33,34)23-14-18-25(19-15-23)38-30(35,36)26-20-13-22(10-6-4-2)27(31)28(26)32/h11-20H,3-10H2,1-2H3. The third kappa shape index (κ3) is 7.68. The van der Waals surface area contributed by atoms with Gasteiger partial charge in [0.1, 0.15) is 17.1 Å². The number of benzene rings is 3. The van der Waals surface area contributed by atoms with Crippen LogP contribution in [0.3, 0.4) is 0 Å². The lowest BCUT2D eigenvalue weighted by molar-refractivity contribution is -0.188. The molecular formula is C30H32F6O2. The van der Waals surface area contributed by atoms with Crippen LogP contribution in [0.25, 0.3) is 0 Å². The van der Waals surface area contributed by atoms with Gasteiger partial charge >= 0.3 is 12.2 Å². The quantitative estimate of drug-likeness (QED) is 0.150. The van der Waals surface area contributed by atoms with Gasteiger partial charge in [-0.05, 0) is 79.3 Å². The average Bonchev–Trinajstić information content (AvgIpc) is 2.88. The van der Waals surface area contributed by atoms with Crippen molar-refractivity contribution in [2.75, 3.05) is 0 Å². The van der Waals surface area contributed by atoms with E-state index in [4.69, 9.17) is 4.74 Å². The molecule has 0 saturated carbocycles. The fourth-order valence-corrected chi connectivity index (χ4v) is 3.98. The van der Waals surface area contributed by atoms with Gasteiger partial charge in [-0.1, -0.05) is 57.7 Å². The zero-order chi connectivity index (χ0) is 27.8. The monoisotopic (exact) mass is 538 g/mol. The number of hydrogen-bond acceptors (Lipinski definition) is 2. The van der Waals surface area contributed by atoms with E-state index in [0.717, 1.165) is 80.5 Å². The van der Waals surface area contributed by atoms with Gasteiger partial charge in [-0.2, -0.15) is 17.6 Å². The molecule has 0 saturated heterocycles. The molecule has 0 heterocycles. The van der Waals surface area contributed by atoms with Gasteiger partial charge in [0.25, 0.3) is 0 Å². The van der Waals surface area contributed by atoms with Gasteiger partial charge in [0.15, 0.2) is 11.6 Å². The van der Waals surface area contributed by atoms with Crippen molar-refractivity contribution < 1.29 is 35.8 Å². The molecule has 0 aliphatic heterocycles. The highest BCUT2D eigenvalue weighted by Crippen LogP contribution is 2.37. The van der Waals surface area contributed by atoms with E-state index in [9.17, 15) is 26.3 Å². The highest BCUT2D eigenvalue weighted by Gasteiger charge is 2.40. The Kier molecular flexibility index (Phi) is 10.1. The van der Waals surface area contributed by atoms with Gasteiger partial charge in [0.05, 0.1) is 5.56 Å². The van der Waals surface area contributed by atoms with Gasteiger partial charge < -0.3 is 9.47 Å². The van der Waals surface area contributed by atoms with Crippen molar-refractivity contribution in [2.45, 2.75) is 77.4 Å². The Labute approximate surface area is 219 Å². The summed E-state index contributed by atoms with van der Waals surface area (Å²) in [4.78, 5) is 0. The predicted octanol–water partition coefficient (Wildman–Crippen LogP) is 9.69. The fourth-order valence-electron chi connectivity index (χ4n) is 3.98. The molecule has 3 rings (SSSR count). The summed E-state index contributed by atoms with van der Waals surface area (Å²) in [5.74, 6) is -3.60. The number of aryl methyl sites for hydroxylation is 2. The second-order valence-corrected chi connectivity index (χ2v) is 9.22. The van der Waals surface area contributed by atoms with Gasteiger partial charge in [0.2, 0.25) is 0 Å². The fraction of sp³-hybridized carbons (Fsp3) is 0.400. The summed E-state index contributed by atoms with van der Waals surface area (Å²) in [5, 5.41) is 0. The number of halogens is 6. The number of unbranched alkanes of at least 4 members (excludes halogenated alkanes) is 4. The first-order valence-electron chi connectivity index (χ1n) is 12.9. The van der Waals surface area contributed by atoms with Crippen LogP contribution >= 0.6 is 0 Å². The smallest absolute Gasteiger partial charge is 0.429 e. The van der Waals surface area contributed by atoms with Crippen molar-refractivity contribution in [1.82, 2.24) is 0 Å². The first-order valence-corrected chi connectivity index (χ1v) is 12.9. The second kappa shape index (κ2) is 13.1. The van der Waals surface area contributed by atoms with Crippen LogP contribution in [0.1, 0.15) is 74.6 Å². The summed E-state index contributed by atoms with van der Waals surface area (Å²) < 4.78 is 96.7. The molecule has 0 fully saturated rings. The molecule has 0 unspecified atom stereocenters. The Balaban J connectivity index is 1.65. The molecule has 0 N–H and O–H groups in total. The number of rotatable bonds is 14. The Hall–Kier alpha value is -3.16. The van der Waals surface area contributed by atoms with E-state index in [-0.39, 0.29) is 17.7 Å². The van der Waals surface area contributed by atoms with Crippen molar-refractivity contribution in [3.05, 3.63) is 94.6 Å². The zero-order valence-electron chi connectivity index (χ0n) is 21.5. The van der Waals surface area contributed by atoms with Gasteiger partial charge in [-0.3, -0.25) is 0 Å². The first kappa shape index (κ1) is 29.4. The largest absolute Gasteiger partial charge is 0.429 e. The predicted molar refractivity (Wildman–Crippen MR) is 135 cm³/mol. The van der Waals surface area contributed by atoms with Gasteiger partial charge in [-0.25, -0.2) is 8.78 Å². The Bertz CT molecular complexity index is 1160. The van der Waals surface area contributed by atoms with Crippen LogP contribution in [-0.4, -0.2) is 0 Å². The van der Waals surface area contributed by atoms with Crippen molar-refractivity contribution in [1.29, 1.82) is 0 Å². The van der Waals surface area contributed by atoms with Crippen LogP contribution in [0.2, 0.25) is 0 Å². The lowest BCUT2D eigenvalue weighted by Crippen LogP contribution is -2.25. The minimum absolute atomic E-state index is 0.00269. The summed E-state index contributed by atoms with van der Waals surface area (Å²) in [6.07, 6.45) is -1.20. The van der Waals surface area contributed by atoms with E-state index in [2.05, 4.69) is 11.7 Å². The highest BCUT2D eigenvalue weighted by molar-refractivity contribution is 5.34. The molecule has 3 aromatic carbocycles. The van der Waals surface area contributed by atoms with Gasteiger partial charge in [0, 0.05) is 0 Å². The Morgan fingerprint density at radius 1 is 0.579 bits per heavy atom. The summed E-state index contributed by atoms with van der Waals surface area (Å²) in [5.41, 5.74) is -0.848. The first-order chi connectivity index (χ1) is 18.1. The molecule has 0 amide bonds. The van der Waals surface area contributed by atoms with Crippen LogP contribution in [0.5, 0.6) is 11.5 Å². The molecule has 2 nitrogen and oxygen atoms in total. The lowest BCUT2D eigenvalue weighted by atomic mass is 10.0. The SMILES string of the molecule is CCCCCCc1ccc(OC(F)(F)c2ccc(OC(F)(F)c3ccc(CCCC)c(F)c3F)cc2)cc1. The average molecular weight is 539 g/mol. The maximum atomic E-state index is 14.7. The molecule has 206 valence electrons.